The van der Waals surface area contributed by atoms with E-state index in [0.717, 1.165) is 6.42 Å². The van der Waals surface area contributed by atoms with Gasteiger partial charge in [-0.1, -0.05) is 37.9 Å². The molecule has 1 aromatic rings. The Bertz CT molecular complexity index is 463. The predicted octanol–water partition coefficient (Wildman–Crippen LogP) is 3.02. The molecule has 0 saturated carbocycles. The first-order valence-corrected chi connectivity index (χ1v) is 6.06. The molecule has 0 aliphatic carbocycles. The highest BCUT2D eigenvalue weighted by molar-refractivity contribution is 6.35. The van der Waals surface area contributed by atoms with Gasteiger partial charge in [0.2, 0.25) is 0 Å². The molecule has 0 aromatic heterocycles. The summed E-state index contributed by atoms with van der Waals surface area (Å²) < 4.78 is 0. The van der Waals surface area contributed by atoms with Gasteiger partial charge in [-0.15, -0.1) is 0 Å². The van der Waals surface area contributed by atoms with E-state index in [9.17, 15) is 14.9 Å². The van der Waals surface area contributed by atoms with E-state index in [0.29, 0.717) is 12.5 Å². The van der Waals surface area contributed by atoms with E-state index in [2.05, 4.69) is 5.32 Å². The molecule has 98 valence electrons. The quantitative estimate of drug-likeness (QED) is 0.660. The van der Waals surface area contributed by atoms with E-state index in [-0.39, 0.29) is 22.2 Å². The maximum absolute atomic E-state index is 11.8. The Morgan fingerprint density at radius 1 is 1.56 bits per heavy atom. The molecule has 0 radical (unpaired) electrons. The van der Waals surface area contributed by atoms with E-state index in [1.54, 1.807) is 0 Å². The minimum absolute atomic E-state index is 0.121. The Hall–Kier alpha value is -1.62. The van der Waals surface area contributed by atoms with Crippen LogP contribution < -0.4 is 5.32 Å². The first kappa shape index (κ1) is 14.4. The fourth-order valence-corrected chi connectivity index (χ4v) is 1.62. The topological polar surface area (TPSA) is 72.2 Å². The van der Waals surface area contributed by atoms with E-state index in [1.807, 2.05) is 13.8 Å². The van der Waals surface area contributed by atoms with Gasteiger partial charge in [0.05, 0.1) is 10.5 Å². The maximum atomic E-state index is 11.8. The van der Waals surface area contributed by atoms with E-state index in [1.165, 1.54) is 18.2 Å². The minimum atomic E-state index is -0.603. The van der Waals surface area contributed by atoms with Crippen LogP contribution in [0.3, 0.4) is 0 Å². The molecule has 1 N–H and O–H groups in total. The Labute approximate surface area is 110 Å². The molecular formula is C12H15ClN2O3. The van der Waals surface area contributed by atoms with Gasteiger partial charge in [0.1, 0.15) is 5.02 Å². The molecule has 5 nitrogen and oxygen atoms in total. The van der Waals surface area contributed by atoms with Gasteiger partial charge in [-0.25, -0.2) is 0 Å². The van der Waals surface area contributed by atoms with E-state index in [4.69, 9.17) is 11.6 Å². The van der Waals surface area contributed by atoms with Crippen LogP contribution in [0.5, 0.6) is 0 Å². The van der Waals surface area contributed by atoms with Crippen molar-refractivity contribution in [2.45, 2.75) is 20.3 Å². The number of nitrogens with one attached hydrogen (secondary N) is 1. The van der Waals surface area contributed by atoms with Crippen molar-refractivity contribution in [2.24, 2.45) is 5.92 Å². The monoisotopic (exact) mass is 270 g/mol. The second-order valence-corrected chi connectivity index (χ2v) is 4.50. The van der Waals surface area contributed by atoms with Crippen LogP contribution in [-0.2, 0) is 0 Å². The number of nitrogens with zero attached hydrogens (tertiary/aromatic N) is 1. The van der Waals surface area contributed by atoms with E-state index < -0.39 is 4.92 Å². The Morgan fingerprint density at radius 2 is 2.22 bits per heavy atom. The summed E-state index contributed by atoms with van der Waals surface area (Å²) in [7, 11) is 0. The van der Waals surface area contributed by atoms with Crippen molar-refractivity contribution in [1.29, 1.82) is 0 Å². The SMILES string of the molecule is CCC(C)CNC(=O)c1cccc([N+](=O)[O-])c1Cl. The fraction of sp³-hybridized carbons (Fsp3) is 0.417. The zero-order chi connectivity index (χ0) is 13.7. The molecule has 1 aromatic carbocycles. The summed E-state index contributed by atoms with van der Waals surface area (Å²) in [6.07, 6.45) is 0.947. The van der Waals surface area contributed by atoms with Crippen molar-refractivity contribution < 1.29 is 9.72 Å². The summed E-state index contributed by atoms with van der Waals surface area (Å²) >= 11 is 5.85. The largest absolute Gasteiger partial charge is 0.352 e. The second-order valence-electron chi connectivity index (χ2n) is 4.12. The van der Waals surface area contributed by atoms with Crippen molar-refractivity contribution in [2.75, 3.05) is 6.54 Å². The molecule has 0 bridgehead atoms. The Morgan fingerprint density at radius 3 is 2.78 bits per heavy atom. The lowest BCUT2D eigenvalue weighted by Crippen LogP contribution is -2.28. The van der Waals surface area contributed by atoms with Gasteiger partial charge >= 0.3 is 0 Å². The van der Waals surface area contributed by atoms with Crippen molar-refractivity contribution in [1.82, 2.24) is 5.32 Å². The summed E-state index contributed by atoms with van der Waals surface area (Å²) in [5.74, 6) is -0.0320. The zero-order valence-electron chi connectivity index (χ0n) is 10.3. The average molecular weight is 271 g/mol. The number of amides is 1. The fourth-order valence-electron chi connectivity index (χ4n) is 1.34. The molecule has 18 heavy (non-hydrogen) atoms. The number of carbonyl (C=O) groups is 1. The summed E-state index contributed by atoms with van der Waals surface area (Å²) in [6, 6.07) is 4.19. The number of hydrogen-bond donors (Lipinski definition) is 1. The lowest BCUT2D eigenvalue weighted by atomic mass is 10.1. The molecule has 1 atom stereocenters. The number of hydrogen-bond acceptors (Lipinski definition) is 3. The molecule has 1 unspecified atom stereocenters. The predicted molar refractivity (Wildman–Crippen MR) is 69.9 cm³/mol. The van der Waals surface area contributed by atoms with Gasteiger partial charge in [0.25, 0.3) is 11.6 Å². The van der Waals surface area contributed by atoms with Crippen LogP contribution in [0.4, 0.5) is 5.69 Å². The van der Waals surface area contributed by atoms with Crippen molar-refractivity contribution in [3.63, 3.8) is 0 Å². The molecule has 0 aliphatic heterocycles. The van der Waals surface area contributed by atoms with Gasteiger partial charge in [0, 0.05) is 12.6 Å². The van der Waals surface area contributed by atoms with E-state index >= 15 is 0 Å². The molecular weight excluding hydrogens is 256 g/mol. The lowest BCUT2D eigenvalue weighted by molar-refractivity contribution is -0.384. The molecule has 0 heterocycles. The summed E-state index contributed by atoms with van der Waals surface area (Å²) in [6.45, 7) is 4.56. The van der Waals surface area contributed by atoms with Crippen molar-refractivity contribution in [3.05, 3.63) is 38.9 Å². The highest BCUT2D eigenvalue weighted by Gasteiger charge is 2.19. The first-order chi connectivity index (χ1) is 8.47. The van der Waals surface area contributed by atoms with Crippen LogP contribution in [0.25, 0.3) is 0 Å². The highest BCUT2D eigenvalue weighted by atomic mass is 35.5. The summed E-state index contributed by atoms with van der Waals surface area (Å²) in [5.41, 5.74) is -0.123. The number of nitro groups is 1. The van der Waals surface area contributed by atoms with Gasteiger partial charge in [-0.2, -0.15) is 0 Å². The number of nitro benzene ring substituents is 1. The number of carbonyl (C=O) groups excluding carboxylic acids is 1. The van der Waals surface area contributed by atoms with Gasteiger partial charge in [-0.3, -0.25) is 14.9 Å². The Kier molecular flexibility index (Phi) is 5.09. The van der Waals surface area contributed by atoms with Gasteiger partial charge < -0.3 is 5.32 Å². The van der Waals surface area contributed by atoms with Crippen LogP contribution in [-0.4, -0.2) is 17.4 Å². The average Bonchev–Trinajstić information content (AvgIpc) is 2.35. The minimum Gasteiger partial charge on any atom is -0.352 e. The molecule has 1 amide bonds. The number of benzene rings is 1. The van der Waals surface area contributed by atoms with Crippen LogP contribution in [0.2, 0.25) is 5.02 Å². The maximum Gasteiger partial charge on any atom is 0.288 e. The van der Waals surface area contributed by atoms with Gasteiger partial charge in [-0.05, 0) is 12.0 Å². The number of halogens is 1. The molecule has 0 spiro atoms. The van der Waals surface area contributed by atoms with Gasteiger partial charge in [0.15, 0.2) is 0 Å². The standard InChI is InChI=1S/C12H15ClN2O3/c1-3-8(2)7-14-12(16)9-5-4-6-10(11(9)13)15(17)18/h4-6,8H,3,7H2,1-2H3,(H,14,16). The molecule has 1 rings (SSSR count). The third-order valence-electron chi connectivity index (χ3n) is 2.73. The third-order valence-corrected chi connectivity index (χ3v) is 3.12. The van der Waals surface area contributed by atoms with Crippen LogP contribution in [0.1, 0.15) is 30.6 Å². The lowest BCUT2D eigenvalue weighted by Gasteiger charge is -2.10. The molecule has 0 saturated heterocycles. The van der Waals surface area contributed by atoms with Crippen LogP contribution in [0.15, 0.2) is 18.2 Å². The summed E-state index contributed by atoms with van der Waals surface area (Å²) in [5, 5.41) is 13.3. The third kappa shape index (κ3) is 3.43. The first-order valence-electron chi connectivity index (χ1n) is 5.68. The normalized spacial score (nSPS) is 11.9. The molecule has 0 aliphatic rings. The van der Waals surface area contributed by atoms with Crippen molar-refractivity contribution >= 4 is 23.2 Å². The van der Waals surface area contributed by atoms with Crippen molar-refractivity contribution in [3.8, 4) is 0 Å². The summed E-state index contributed by atoms with van der Waals surface area (Å²) in [4.78, 5) is 21.9. The zero-order valence-corrected chi connectivity index (χ0v) is 11.0. The highest BCUT2D eigenvalue weighted by Crippen LogP contribution is 2.27. The Balaban J connectivity index is 2.86. The number of rotatable bonds is 5. The second kappa shape index (κ2) is 6.35. The van der Waals surface area contributed by atoms with Crippen LogP contribution >= 0.6 is 11.6 Å². The molecule has 6 heteroatoms. The molecule has 0 fully saturated rings. The van der Waals surface area contributed by atoms with Crippen LogP contribution in [0, 0.1) is 16.0 Å². The smallest absolute Gasteiger partial charge is 0.288 e.